The van der Waals surface area contributed by atoms with Crippen molar-refractivity contribution in [2.24, 2.45) is 5.41 Å². The second-order valence-electron chi connectivity index (χ2n) is 10.1. The number of rotatable bonds is 10. The molecule has 5 aromatic rings. The predicted molar refractivity (Wildman–Crippen MR) is 150 cm³/mol. The summed E-state index contributed by atoms with van der Waals surface area (Å²) in [6.45, 7) is 3.42. The Morgan fingerprint density at radius 2 is 1.69 bits per heavy atom. The van der Waals surface area contributed by atoms with Crippen LogP contribution in [0, 0.1) is 5.41 Å². The number of aromatic amines is 1. The molecule has 0 aliphatic rings. The van der Waals surface area contributed by atoms with Gasteiger partial charge in [-0.2, -0.15) is 13.2 Å². The minimum Gasteiger partial charge on any atom is -0.492 e. The van der Waals surface area contributed by atoms with Crippen LogP contribution in [0.1, 0.15) is 36.9 Å². The van der Waals surface area contributed by atoms with E-state index in [1.54, 1.807) is 62.4 Å². The molecule has 0 spiro atoms. The molecule has 5 rings (SSSR count). The topological polar surface area (TPSA) is 95.4 Å². The van der Waals surface area contributed by atoms with E-state index in [0.29, 0.717) is 10.3 Å². The van der Waals surface area contributed by atoms with E-state index in [1.807, 2.05) is 35.4 Å². The van der Waals surface area contributed by atoms with E-state index in [-0.39, 0.29) is 30.2 Å². The van der Waals surface area contributed by atoms with Crippen molar-refractivity contribution in [2.75, 3.05) is 6.61 Å². The third kappa shape index (κ3) is 6.33. The Kier molecular flexibility index (Phi) is 8.08. The van der Waals surface area contributed by atoms with Crippen molar-refractivity contribution in [1.82, 2.24) is 14.2 Å². The number of hydrogen-bond donors (Lipinski definition) is 1. The molecule has 1 atom stereocenters. The Morgan fingerprint density at radius 3 is 2.36 bits per heavy atom. The molecule has 0 bridgehead atoms. The molecule has 2 aromatic heterocycles. The van der Waals surface area contributed by atoms with Crippen LogP contribution < -0.4 is 15.0 Å². The van der Waals surface area contributed by atoms with E-state index in [1.165, 1.54) is 3.96 Å². The van der Waals surface area contributed by atoms with Crippen LogP contribution in [-0.2, 0) is 22.3 Å². The normalized spacial score (nSPS) is 12.7. The van der Waals surface area contributed by atoms with Gasteiger partial charge in [0.25, 0.3) is 5.56 Å². The fraction of sp³-hybridized carbons (Fsp3) is 0.233. The minimum absolute atomic E-state index is 0.0683. The van der Waals surface area contributed by atoms with Crippen molar-refractivity contribution < 1.29 is 32.2 Å². The first-order valence-corrected chi connectivity index (χ1v) is 13.6. The molecule has 3 aromatic carbocycles. The summed E-state index contributed by atoms with van der Waals surface area (Å²) < 4.78 is 58.6. The van der Waals surface area contributed by atoms with Gasteiger partial charge in [-0.3, -0.25) is 14.7 Å². The number of alkyl halides is 3. The van der Waals surface area contributed by atoms with Crippen molar-refractivity contribution in [3.8, 4) is 11.6 Å². The molecular weight excluding hydrogens is 571 g/mol. The van der Waals surface area contributed by atoms with E-state index in [9.17, 15) is 22.8 Å². The molecule has 0 saturated carbocycles. The number of carbonyl (C=O) groups is 1. The van der Waals surface area contributed by atoms with E-state index >= 15 is 0 Å². The van der Waals surface area contributed by atoms with Crippen molar-refractivity contribution in [2.45, 2.75) is 32.9 Å². The summed E-state index contributed by atoms with van der Waals surface area (Å²) in [5.41, 5.74) is -1.21. The van der Waals surface area contributed by atoms with E-state index in [4.69, 9.17) is 14.2 Å². The van der Waals surface area contributed by atoms with Gasteiger partial charge in [-0.05, 0) is 31.5 Å². The fourth-order valence-corrected chi connectivity index (χ4v) is 5.12. The average molecular weight is 598 g/mol. The molecule has 8 nitrogen and oxygen atoms in total. The van der Waals surface area contributed by atoms with Gasteiger partial charge in [0.05, 0.1) is 10.1 Å². The van der Waals surface area contributed by atoms with Crippen LogP contribution in [0.15, 0.2) is 89.7 Å². The number of nitrogens with one attached hydrogen (secondary N) is 1. The van der Waals surface area contributed by atoms with Gasteiger partial charge in [-0.15, -0.1) is 5.10 Å². The molecule has 42 heavy (non-hydrogen) atoms. The molecule has 0 fully saturated rings. The highest BCUT2D eigenvalue weighted by Crippen LogP contribution is 2.34. The Morgan fingerprint density at radius 1 is 1.00 bits per heavy atom. The number of fused-ring (bicyclic) bond motifs is 1. The van der Waals surface area contributed by atoms with Crippen LogP contribution in [0.3, 0.4) is 0 Å². The Bertz CT molecular complexity index is 1730. The first-order valence-electron chi connectivity index (χ1n) is 12.9. The third-order valence-corrected chi connectivity index (χ3v) is 7.43. The number of H-pyrrole nitrogens is 1. The molecule has 12 heteroatoms. The maximum atomic E-state index is 13.8. The van der Waals surface area contributed by atoms with E-state index < -0.39 is 35.0 Å². The zero-order chi connectivity index (χ0) is 29.9. The number of benzene rings is 3. The van der Waals surface area contributed by atoms with Gasteiger partial charge in [0.2, 0.25) is 12.1 Å². The summed E-state index contributed by atoms with van der Waals surface area (Å²) in [6.07, 6.45) is -5.75. The maximum Gasteiger partial charge on any atom is 0.432 e. The van der Waals surface area contributed by atoms with E-state index in [2.05, 4.69) is 5.10 Å². The first-order chi connectivity index (χ1) is 20.0. The Labute approximate surface area is 242 Å². The molecule has 0 saturated heterocycles. The highest BCUT2D eigenvalue weighted by atomic mass is 32.1. The monoisotopic (exact) mass is 597 g/mol. The Balaban J connectivity index is 1.40. The molecule has 0 aliphatic heterocycles. The Hall–Kier alpha value is -4.58. The number of nitrogens with zero attached hydrogens (tertiary/aromatic N) is 2. The zero-order valence-corrected chi connectivity index (χ0v) is 23.4. The maximum absolute atomic E-state index is 13.8. The molecule has 0 amide bonds. The molecule has 1 unspecified atom stereocenters. The third-order valence-electron chi connectivity index (χ3n) is 6.34. The SMILES string of the molecule is CC(C)(COc1cccc2sn(C(Oc3cc(C(F)(F)F)[nH]n3)c3ccccc3)c(=O)c12)C(=O)OCc1ccccc1. The lowest BCUT2D eigenvalue weighted by atomic mass is 9.95. The lowest BCUT2D eigenvalue weighted by molar-refractivity contribution is -0.157. The molecular formula is C30H26F3N3O5S. The van der Waals surface area contributed by atoms with Crippen LogP contribution >= 0.6 is 11.5 Å². The zero-order valence-electron chi connectivity index (χ0n) is 22.6. The molecule has 2 heterocycles. The van der Waals surface area contributed by atoms with Crippen LogP contribution in [0.2, 0.25) is 0 Å². The smallest absolute Gasteiger partial charge is 0.432 e. The van der Waals surface area contributed by atoms with Crippen LogP contribution in [0.5, 0.6) is 11.6 Å². The molecule has 0 radical (unpaired) electrons. The summed E-state index contributed by atoms with van der Waals surface area (Å²) in [6, 6.07) is 23.7. The second kappa shape index (κ2) is 11.7. The van der Waals surface area contributed by atoms with Gasteiger partial charge in [-0.25, -0.2) is 3.96 Å². The lowest BCUT2D eigenvalue weighted by Crippen LogP contribution is -2.33. The first kappa shape index (κ1) is 28.9. The van der Waals surface area contributed by atoms with E-state index in [0.717, 1.165) is 23.2 Å². The van der Waals surface area contributed by atoms with Crippen molar-refractivity contribution in [1.29, 1.82) is 0 Å². The number of halogens is 3. The number of ether oxygens (including phenoxy) is 3. The average Bonchev–Trinajstić information content (AvgIpc) is 3.59. The number of hydrogen-bond acceptors (Lipinski definition) is 7. The lowest BCUT2D eigenvalue weighted by Gasteiger charge is -2.23. The van der Waals surface area contributed by atoms with Gasteiger partial charge >= 0.3 is 12.1 Å². The number of esters is 1. The molecule has 0 aliphatic carbocycles. The van der Waals surface area contributed by atoms with Gasteiger partial charge in [0.15, 0.2) is 0 Å². The predicted octanol–water partition coefficient (Wildman–Crippen LogP) is 6.58. The molecule has 1 N–H and O–H groups in total. The minimum atomic E-state index is -4.64. The summed E-state index contributed by atoms with van der Waals surface area (Å²) in [5.74, 6) is -0.536. The summed E-state index contributed by atoms with van der Waals surface area (Å²) >= 11 is 1.07. The number of carbonyl (C=O) groups excluding carboxylic acids is 1. The summed E-state index contributed by atoms with van der Waals surface area (Å²) in [5, 5.41) is 5.80. The standard InChI is InChI=1S/C30H26F3N3O5S/c1-29(2,28(38)39-17-19-10-5-3-6-11-19)18-40-21-14-9-15-22-25(21)26(37)36(42-22)27(20-12-7-4-8-13-20)41-24-16-23(34-35-24)30(31,32)33/h3-16,27H,17-18H2,1-2H3,(H,34,35). The van der Waals surface area contributed by atoms with Crippen molar-refractivity contribution in [3.63, 3.8) is 0 Å². The largest absolute Gasteiger partial charge is 0.492 e. The van der Waals surface area contributed by atoms with Gasteiger partial charge in [0.1, 0.15) is 30.0 Å². The van der Waals surface area contributed by atoms with Crippen LogP contribution in [-0.4, -0.2) is 26.7 Å². The quantitative estimate of drug-likeness (QED) is 0.183. The van der Waals surface area contributed by atoms with Crippen LogP contribution in [0.25, 0.3) is 10.1 Å². The summed E-state index contributed by atoms with van der Waals surface area (Å²) in [7, 11) is 0. The molecule has 218 valence electrons. The number of aromatic nitrogens is 3. The van der Waals surface area contributed by atoms with Gasteiger partial charge in [0, 0.05) is 11.6 Å². The fourth-order valence-electron chi connectivity index (χ4n) is 4.06. The summed E-state index contributed by atoms with van der Waals surface area (Å²) in [4.78, 5) is 26.6. The van der Waals surface area contributed by atoms with Crippen LogP contribution in [0.4, 0.5) is 13.2 Å². The van der Waals surface area contributed by atoms with Gasteiger partial charge < -0.3 is 14.2 Å². The van der Waals surface area contributed by atoms with Gasteiger partial charge in [-0.1, -0.05) is 78.3 Å². The van der Waals surface area contributed by atoms with Crippen molar-refractivity contribution in [3.05, 3.63) is 112 Å². The highest BCUT2D eigenvalue weighted by Gasteiger charge is 2.34. The second-order valence-corrected chi connectivity index (χ2v) is 11.1. The van der Waals surface area contributed by atoms with Crippen molar-refractivity contribution >= 4 is 27.6 Å². The highest BCUT2D eigenvalue weighted by molar-refractivity contribution is 7.14.